The maximum atomic E-state index is 12.4. The number of rotatable bonds is 2. The van der Waals surface area contributed by atoms with Crippen LogP contribution in [0.2, 0.25) is 0 Å². The minimum Gasteiger partial charge on any atom is -0.398 e. The fourth-order valence-corrected chi connectivity index (χ4v) is 2.48. The number of hydrogen-bond donors (Lipinski definition) is 1. The molecule has 1 saturated heterocycles. The lowest BCUT2D eigenvalue weighted by Gasteiger charge is -2.28. The number of anilines is 1. The Bertz CT molecular complexity index is 417. The van der Waals surface area contributed by atoms with Crippen LogP contribution in [0.5, 0.6) is 0 Å². The van der Waals surface area contributed by atoms with Gasteiger partial charge in [0, 0.05) is 30.7 Å². The van der Waals surface area contributed by atoms with Crippen molar-refractivity contribution in [2.75, 3.05) is 12.3 Å². The first kappa shape index (κ1) is 11.9. The molecule has 1 unspecified atom stereocenters. The van der Waals surface area contributed by atoms with Crippen LogP contribution in [-0.2, 0) is 0 Å². The topological polar surface area (TPSA) is 59.2 Å². The molecule has 1 aliphatic rings. The standard InChI is InChI=1S/C13H19N3O/c1-9(2)12-4-3-7-16(12)13(17)10-8-15-6-5-11(10)14/h5-6,8-9,12H,3-4,7H2,1-2H3,(H2,14,15). The van der Waals surface area contributed by atoms with Crippen LogP contribution in [0.25, 0.3) is 0 Å². The van der Waals surface area contributed by atoms with Gasteiger partial charge < -0.3 is 10.6 Å². The van der Waals surface area contributed by atoms with Crippen molar-refractivity contribution in [1.29, 1.82) is 0 Å². The molecule has 2 heterocycles. The van der Waals surface area contributed by atoms with E-state index in [-0.39, 0.29) is 5.91 Å². The Morgan fingerprint density at radius 3 is 3.00 bits per heavy atom. The van der Waals surface area contributed by atoms with Crippen LogP contribution >= 0.6 is 0 Å². The van der Waals surface area contributed by atoms with Gasteiger partial charge in [-0.15, -0.1) is 0 Å². The molecular formula is C13H19N3O. The first-order valence-electron chi connectivity index (χ1n) is 6.11. The molecule has 1 atom stereocenters. The fourth-order valence-electron chi connectivity index (χ4n) is 2.48. The largest absolute Gasteiger partial charge is 0.398 e. The molecular weight excluding hydrogens is 214 g/mol. The van der Waals surface area contributed by atoms with E-state index >= 15 is 0 Å². The summed E-state index contributed by atoms with van der Waals surface area (Å²) in [6.07, 6.45) is 5.34. The van der Waals surface area contributed by atoms with Gasteiger partial charge in [0.25, 0.3) is 5.91 Å². The molecule has 0 spiro atoms. The molecule has 1 amide bonds. The first-order valence-corrected chi connectivity index (χ1v) is 6.11. The van der Waals surface area contributed by atoms with Gasteiger partial charge in [-0.3, -0.25) is 9.78 Å². The third-order valence-corrected chi connectivity index (χ3v) is 3.41. The van der Waals surface area contributed by atoms with Crippen molar-refractivity contribution in [1.82, 2.24) is 9.88 Å². The van der Waals surface area contributed by atoms with Crippen LogP contribution in [0.15, 0.2) is 18.5 Å². The predicted molar refractivity (Wildman–Crippen MR) is 67.5 cm³/mol. The monoisotopic (exact) mass is 233 g/mol. The maximum absolute atomic E-state index is 12.4. The summed E-state index contributed by atoms with van der Waals surface area (Å²) in [4.78, 5) is 18.3. The van der Waals surface area contributed by atoms with Crippen molar-refractivity contribution in [3.05, 3.63) is 24.0 Å². The van der Waals surface area contributed by atoms with Gasteiger partial charge in [-0.05, 0) is 24.8 Å². The summed E-state index contributed by atoms with van der Waals surface area (Å²) in [6, 6.07) is 2.01. The highest BCUT2D eigenvalue weighted by atomic mass is 16.2. The predicted octanol–water partition coefficient (Wildman–Crippen LogP) is 1.92. The smallest absolute Gasteiger partial charge is 0.257 e. The third-order valence-electron chi connectivity index (χ3n) is 3.41. The van der Waals surface area contributed by atoms with Crippen LogP contribution in [-0.4, -0.2) is 28.4 Å². The van der Waals surface area contributed by atoms with E-state index in [9.17, 15) is 4.79 Å². The molecule has 2 N–H and O–H groups in total. The van der Waals surface area contributed by atoms with Crippen LogP contribution in [0.1, 0.15) is 37.0 Å². The summed E-state index contributed by atoms with van der Waals surface area (Å²) in [6.45, 7) is 5.14. The number of likely N-dealkylation sites (tertiary alicyclic amines) is 1. The minimum absolute atomic E-state index is 0.0202. The Morgan fingerprint density at radius 1 is 1.59 bits per heavy atom. The van der Waals surface area contributed by atoms with Crippen molar-refractivity contribution in [3.63, 3.8) is 0 Å². The second kappa shape index (κ2) is 4.73. The fraction of sp³-hybridized carbons (Fsp3) is 0.538. The van der Waals surface area contributed by atoms with E-state index in [4.69, 9.17) is 5.73 Å². The van der Waals surface area contributed by atoms with Crippen LogP contribution in [0, 0.1) is 5.92 Å². The number of nitrogens with zero attached hydrogens (tertiary/aromatic N) is 2. The number of nitrogens with two attached hydrogens (primary N) is 1. The summed E-state index contributed by atoms with van der Waals surface area (Å²) in [5.41, 5.74) is 6.86. The quantitative estimate of drug-likeness (QED) is 0.849. The molecule has 4 nitrogen and oxygen atoms in total. The number of nitrogen functional groups attached to an aromatic ring is 1. The summed E-state index contributed by atoms with van der Waals surface area (Å²) >= 11 is 0. The third kappa shape index (κ3) is 2.25. The van der Waals surface area contributed by atoms with E-state index in [1.165, 1.54) is 0 Å². The summed E-state index contributed by atoms with van der Waals surface area (Å²) in [5, 5.41) is 0. The highest BCUT2D eigenvalue weighted by Gasteiger charge is 2.31. The van der Waals surface area contributed by atoms with E-state index in [0.717, 1.165) is 19.4 Å². The van der Waals surface area contributed by atoms with Gasteiger partial charge in [0.15, 0.2) is 0 Å². The van der Waals surface area contributed by atoms with Crippen molar-refractivity contribution in [2.45, 2.75) is 32.7 Å². The number of amides is 1. The van der Waals surface area contributed by atoms with Gasteiger partial charge in [-0.1, -0.05) is 13.8 Å². The Labute approximate surface area is 102 Å². The molecule has 2 rings (SSSR count). The molecule has 4 heteroatoms. The molecule has 92 valence electrons. The van der Waals surface area contributed by atoms with E-state index in [2.05, 4.69) is 18.8 Å². The number of carbonyl (C=O) groups is 1. The first-order chi connectivity index (χ1) is 8.11. The van der Waals surface area contributed by atoms with Crippen molar-refractivity contribution < 1.29 is 4.79 Å². The molecule has 1 fully saturated rings. The molecule has 0 bridgehead atoms. The Hall–Kier alpha value is -1.58. The zero-order valence-electron chi connectivity index (χ0n) is 10.4. The summed E-state index contributed by atoms with van der Waals surface area (Å²) in [5.74, 6) is 0.506. The SMILES string of the molecule is CC(C)C1CCCN1C(=O)c1cnccc1N. The Kier molecular flexibility index (Phi) is 3.31. The minimum atomic E-state index is 0.0202. The molecule has 1 aromatic rings. The molecule has 0 saturated carbocycles. The normalized spacial score (nSPS) is 19.9. The lowest BCUT2D eigenvalue weighted by Crippen LogP contribution is -2.38. The summed E-state index contributed by atoms with van der Waals surface area (Å²) in [7, 11) is 0. The molecule has 0 aromatic carbocycles. The van der Waals surface area contributed by atoms with Gasteiger partial charge in [0.2, 0.25) is 0 Å². The Morgan fingerprint density at radius 2 is 2.35 bits per heavy atom. The number of carbonyl (C=O) groups excluding carboxylic acids is 1. The zero-order valence-corrected chi connectivity index (χ0v) is 10.4. The maximum Gasteiger partial charge on any atom is 0.257 e. The second-order valence-electron chi connectivity index (χ2n) is 4.92. The molecule has 1 aromatic heterocycles. The van der Waals surface area contributed by atoms with Crippen molar-refractivity contribution in [3.8, 4) is 0 Å². The zero-order chi connectivity index (χ0) is 12.4. The van der Waals surface area contributed by atoms with Crippen LogP contribution in [0.4, 0.5) is 5.69 Å². The lowest BCUT2D eigenvalue weighted by atomic mass is 10.0. The number of aromatic nitrogens is 1. The van der Waals surface area contributed by atoms with Crippen LogP contribution in [0.3, 0.4) is 0 Å². The van der Waals surface area contributed by atoms with Gasteiger partial charge >= 0.3 is 0 Å². The van der Waals surface area contributed by atoms with E-state index in [1.54, 1.807) is 18.5 Å². The Balaban J connectivity index is 2.23. The highest BCUT2D eigenvalue weighted by Crippen LogP contribution is 2.26. The van der Waals surface area contributed by atoms with E-state index in [1.807, 2.05) is 4.90 Å². The van der Waals surface area contributed by atoms with Crippen LogP contribution < -0.4 is 5.73 Å². The molecule has 1 aliphatic heterocycles. The second-order valence-corrected chi connectivity index (χ2v) is 4.92. The lowest BCUT2D eigenvalue weighted by molar-refractivity contribution is 0.0702. The van der Waals surface area contributed by atoms with Gasteiger partial charge in [-0.2, -0.15) is 0 Å². The summed E-state index contributed by atoms with van der Waals surface area (Å²) < 4.78 is 0. The highest BCUT2D eigenvalue weighted by molar-refractivity contribution is 5.99. The van der Waals surface area contributed by atoms with Gasteiger partial charge in [-0.25, -0.2) is 0 Å². The van der Waals surface area contributed by atoms with E-state index in [0.29, 0.717) is 23.2 Å². The average Bonchev–Trinajstić information content (AvgIpc) is 2.77. The molecule has 0 radical (unpaired) electrons. The number of pyridine rings is 1. The molecule has 17 heavy (non-hydrogen) atoms. The van der Waals surface area contributed by atoms with Crippen molar-refractivity contribution >= 4 is 11.6 Å². The number of hydrogen-bond acceptors (Lipinski definition) is 3. The molecule has 0 aliphatic carbocycles. The van der Waals surface area contributed by atoms with Crippen molar-refractivity contribution in [2.24, 2.45) is 5.92 Å². The average molecular weight is 233 g/mol. The van der Waals surface area contributed by atoms with E-state index < -0.39 is 0 Å². The van der Waals surface area contributed by atoms with Gasteiger partial charge in [0.05, 0.1) is 5.56 Å². The van der Waals surface area contributed by atoms with Gasteiger partial charge in [0.1, 0.15) is 0 Å².